The first-order valence-corrected chi connectivity index (χ1v) is 9.21. The van der Waals surface area contributed by atoms with Crippen LogP contribution in [0.15, 0.2) is 11.1 Å². The molecule has 2 aliphatic carbocycles. The van der Waals surface area contributed by atoms with Gasteiger partial charge in [-0.3, -0.25) is 4.79 Å². The highest BCUT2D eigenvalue weighted by Gasteiger charge is 2.52. The smallest absolute Gasteiger partial charge is 0.335 e. The van der Waals surface area contributed by atoms with Gasteiger partial charge in [-0.1, -0.05) is 27.2 Å². The van der Waals surface area contributed by atoms with Crippen molar-refractivity contribution < 1.29 is 19.1 Å². The molecule has 0 bridgehead atoms. The third-order valence-electron chi connectivity index (χ3n) is 6.53. The Hall–Kier alpha value is -1.32. The van der Waals surface area contributed by atoms with Crippen LogP contribution >= 0.6 is 0 Å². The van der Waals surface area contributed by atoms with Crippen molar-refractivity contribution in [1.82, 2.24) is 0 Å². The maximum Gasteiger partial charge on any atom is 0.335 e. The van der Waals surface area contributed by atoms with Gasteiger partial charge in [-0.25, -0.2) is 4.79 Å². The molecule has 4 heteroatoms. The van der Waals surface area contributed by atoms with E-state index in [2.05, 4.69) is 20.8 Å². The zero-order valence-corrected chi connectivity index (χ0v) is 15.6. The topological polar surface area (TPSA) is 52.6 Å². The summed E-state index contributed by atoms with van der Waals surface area (Å²) in [5.74, 6) is -0.731. The molecule has 0 aromatic carbocycles. The van der Waals surface area contributed by atoms with Crippen molar-refractivity contribution in [2.24, 2.45) is 22.7 Å². The number of esters is 2. The number of cyclic esters (lactones) is 1. The zero-order chi connectivity index (χ0) is 17.7. The number of hydrogen-bond donors (Lipinski definition) is 0. The molecular weight excluding hydrogens is 304 g/mol. The molecule has 0 spiro atoms. The van der Waals surface area contributed by atoms with Crippen molar-refractivity contribution in [2.45, 2.75) is 72.3 Å². The zero-order valence-electron chi connectivity index (χ0n) is 15.6. The highest BCUT2D eigenvalue weighted by molar-refractivity contribution is 5.99. The lowest BCUT2D eigenvalue weighted by Gasteiger charge is -2.49. The average molecular weight is 334 g/mol. The minimum Gasteiger partial charge on any atom is -0.469 e. The molecule has 0 radical (unpaired) electrons. The number of carbonyl (C=O) groups excluding carboxylic acids is 2. The van der Waals surface area contributed by atoms with E-state index in [4.69, 9.17) is 9.47 Å². The van der Waals surface area contributed by atoms with E-state index in [1.54, 1.807) is 0 Å². The minimum atomic E-state index is -0.445. The van der Waals surface area contributed by atoms with E-state index in [1.165, 1.54) is 26.4 Å². The van der Waals surface area contributed by atoms with Crippen molar-refractivity contribution in [3.63, 3.8) is 0 Å². The quantitative estimate of drug-likeness (QED) is 0.715. The Balaban J connectivity index is 2.01. The fraction of sp³-hybridized carbons (Fsp3) is 0.800. The molecule has 134 valence electrons. The second-order valence-electron chi connectivity index (χ2n) is 8.97. The Morgan fingerprint density at radius 2 is 1.92 bits per heavy atom. The second kappa shape index (κ2) is 5.89. The maximum atomic E-state index is 12.4. The lowest BCUT2D eigenvalue weighted by molar-refractivity contribution is -0.148. The van der Waals surface area contributed by atoms with Crippen molar-refractivity contribution in [3.05, 3.63) is 11.1 Å². The van der Waals surface area contributed by atoms with E-state index >= 15 is 0 Å². The third kappa shape index (κ3) is 2.78. The van der Waals surface area contributed by atoms with Crippen LogP contribution in [0.5, 0.6) is 0 Å². The lowest BCUT2D eigenvalue weighted by atomic mass is 9.55. The Bertz CT molecular complexity index is 588. The molecule has 1 fully saturated rings. The summed E-state index contributed by atoms with van der Waals surface area (Å²) in [6.45, 7) is 9.01. The lowest BCUT2D eigenvalue weighted by Crippen LogP contribution is -2.41. The van der Waals surface area contributed by atoms with E-state index in [0.29, 0.717) is 23.3 Å². The number of methoxy groups -OCH3 is 1. The number of ether oxygens (including phenoxy) is 2. The molecule has 0 amide bonds. The fourth-order valence-electron chi connectivity index (χ4n) is 5.71. The normalized spacial score (nSPS) is 38.5. The molecule has 0 aromatic rings. The van der Waals surface area contributed by atoms with E-state index in [-0.39, 0.29) is 23.5 Å². The molecule has 4 unspecified atom stereocenters. The fourth-order valence-corrected chi connectivity index (χ4v) is 5.71. The van der Waals surface area contributed by atoms with Crippen molar-refractivity contribution in [3.8, 4) is 0 Å². The summed E-state index contributed by atoms with van der Waals surface area (Å²) in [7, 11) is 1.39. The van der Waals surface area contributed by atoms with E-state index in [1.807, 2.05) is 6.92 Å². The van der Waals surface area contributed by atoms with Crippen LogP contribution in [0.3, 0.4) is 0 Å². The van der Waals surface area contributed by atoms with E-state index < -0.39 is 5.92 Å². The van der Waals surface area contributed by atoms with Gasteiger partial charge in [-0.15, -0.1) is 0 Å². The standard InChI is InChI=1S/C20H30O4/c1-12-15-14(20(4)10-6-9-19(2,3)11-20)8-7-13(17(21)23-5)16(15)18(22)24-12/h12-14H,6-11H2,1-5H3. The molecule has 1 heterocycles. The van der Waals surface area contributed by atoms with Gasteiger partial charge in [-0.2, -0.15) is 0 Å². The molecule has 4 nitrogen and oxygen atoms in total. The van der Waals surface area contributed by atoms with Crippen LogP contribution in [0, 0.1) is 22.7 Å². The van der Waals surface area contributed by atoms with Crippen molar-refractivity contribution in [2.75, 3.05) is 7.11 Å². The van der Waals surface area contributed by atoms with Gasteiger partial charge in [0.15, 0.2) is 0 Å². The highest BCUT2D eigenvalue weighted by atomic mass is 16.5. The summed E-state index contributed by atoms with van der Waals surface area (Å²) >= 11 is 0. The third-order valence-corrected chi connectivity index (χ3v) is 6.53. The Labute approximate surface area is 145 Å². The molecule has 0 N–H and O–H groups in total. The molecule has 1 aliphatic heterocycles. The van der Waals surface area contributed by atoms with Crippen LogP contribution < -0.4 is 0 Å². The summed E-state index contributed by atoms with van der Waals surface area (Å²) in [4.78, 5) is 24.6. The number of rotatable bonds is 2. The highest BCUT2D eigenvalue weighted by Crippen LogP contribution is 2.57. The van der Waals surface area contributed by atoms with E-state index in [9.17, 15) is 9.59 Å². The Kier molecular flexibility index (Phi) is 4.29. The van der Waals surface area contributed by atoms with Crippen LogP contribution in [-0.4, -0.2) is 25.2 Å². The first-order chi connectivity index (χ1) is 11.2. The minimum absolute atomic E-state index is 0.172. The number of carbonyl (C=O) groups is 2. The molecule has 4 atom stereocenters. The molecular formula is C20H30O4. The molecule has 3 rings (SSSR count). The Morgan fingerprint density at radius 3 is 2.54 bits per heavy atom. The summed E-state index contributed by atoms with van der Waals surface area (Å²) in [6, 6.07) is 0. The molecule has 0 saturated heterocycles. The van der Waals surface area contributed by atoms with Gasteiger partial charge in [0.2, 0.25) is 0 Å². The predicted molar refractivity (Wildman–Crippen MR) is 91.2 cm³/mol. The van der Waals surface area contributed by atoms with Gasteiger partial charge in [0.05, 0.1) is 18.6 Å². The second-order valence-corrected chi connectivity index (χ2v) is 8.97. The van der Waals surface area contributed by atoms with Gasteiger partial charge >= 0.3 is 11.9 Å². The average Bonchev–Trinajstić information content (AvgIpc) is 2.80. The molecule has 3 aliphatic rings. The molecule has 24 heavy (non-hydrogen) atoms. The number of hydrogen-bond acceptors (Lipinski definition) is 4. The van der Waals surface area contributed by atoms with Crippen LogP contribution in [0.25, 0.3) is 0 Å². The van der Waals surface area contributed by atoms with Crippen LogP contribution in [0.4, 0.5) is 0 Å². The SMILES string of the molecule is COC(=O)C1CCC(C2(C)CCCC(C)(C)C2)C2=C1C(=O)OC2C. The largest absolute Gasteiger partial charge is 0.469 e. The summed E-state index contributed by atoms with van der Waals surface area (Å²) < 4.78 is 10.5. The van der Waals surface area contributed by atoms with Crippen LogP contribution in [0.2, 0.25) is 0 Å². The molecule has 1 saturated carbocycles. The molecule has 0 aromatic heterocycles. The van der Waals surface area contributed by atoms with Gasteiger partial charge in [0, 0.05) is 0 Å². The van der Waals surface area contributed by atoms with Gasteiger partial charge in [-0.05, 0) is 61.3 Å². The first kappa shape index (κ1) is 17.5. The Morgan fingerprint density at radius 1 is 1.21 bits per heavy atom. The summed E-state index contributed by atoms with van der Waals surface area (Å²) in [5, 5.41) is 0. The first-order valence-electron chi connectivity index (χ1n) is 9.21. The van der Waals surface area contributed by atoms with Gasteiger partial charge in [0.1, 0.15) is 6.10 Å². The van der Waals surface area contributed by atoms with Crippen LogP contribution in [0.1, 0.15) is 66.2 Å². The maximum absolute atomic E-state index is 12.4. The summed E-state index contributed by atoms with van der Waals surface area (Å²) in [6.07, 6.45) is 6.24. The van der Waals surface area contributed by atoms with Crippen molar-refractivity contribution >= 4 is 11.9 Å². The van der Waals surface area contributed by atoms with Gasteiger partial charge in [0.25, 0.3) is 0 Å². The van der Waals surface area contributed by atoms with Gasteiger partial charge < -0.3 is 9.47 Å². The predicted octanol–water partition coefficient (Wildman–Crippen LogP) is 4.03. The monoisotopic (exact) mass is 334 g/mol. The van der Waals surface area contributed by atoms with Crippen molar-refractivity contribution in [1.29, 1.82) is 0 Å². The van der Waals surface area contributed by atoms with Crippen LogP contribution in [-0.2, 0) is 19.1 Å². The summed E-state index contributed by atoms with van der Waals surface area (Å²) in [5.41, 5.74) is 2.20. The van der Waals surface area contributed by atoms with E-state index in [0.717, 1.165) is 18.4 Å².